The minimum Gasteiger partial charge on any atom is -0.391 e. The minimum atomic E-state index is -0.298. The van der Waals surface area contributed by atoms with Gasteiger partial charge in [-0.15, -0.1) is 0 Å². The van der Waals surface area contributed by atoms with E-state index in [0.29, 0.717) is 11.8 Å². The number of aliphatic hydroxyl groups excluding tert-OH is 1. The molecule has 4 heteroatoms. The molecule has 0 aromatic heterocycles. The highest BCUT2D eigenvalue weighted by Gasteiger charge is 2.43. The average Bonchev–Trinajstić information content (AvgIpc) is 3.10. The Morgan fingerprint density at radius 1 is 0.963 bits per heavy atom. The summed E-state index contributed by atoms with van der Waals surface area (Å²) in [6.45, 7) is 1.55. The van der Waals surface area contributed by atoms with Crippen molar-refractivity contribution < 1.29 is 9.90 Å². The molecule has 2 aromatic rings. The van der Waals surface area contributed by atoms with Crippen molar-refractivity contribution in [1.29, 1.82) is 0 Å². The molecule has 2 fully saturated rings. The van der Waals surface area contributed by atoms with Crippen molar-refractivity contribution in [2.45, 2.75) is 25.0 Å². The van der Waals surface area contributed by atoms with Gasteiger partial charge in [0.15, 0.2) is 0 Å². The first-order valence-electron chi connectivity index (χ1n) is 9.83. The second-order valence-corrected chi connectivity index (χ2v) is 8.21. The molecule has 4 rings (SSSR count). The molecule has 2 aromatic carbocycles. The van der Waals surface area contributed by atoms with Crippen LogP contribution in [0.5, 0.6) is 0 Å². The Kier molecular flexibility index (Phi) is 5.02. The normalized spacial score (nSPS) is 27.6. The van der Waals surface area contributed by atoms with Gasteiger partial charge in [0, 0.05) is 24.7 Å². The minimum absolute atomic E-state index is 0.111. The lowest BCUT2D eigenvalue weighted by molar-refractivity contribution is 0.00940. The lowest BCUT2D eigenvalue weighted by atomic mass is 9.77. The molecule has 142 valence electrons. The van der Waals surface area contributed by atoms with Crippen LogP contribution >= 0.6 is 0 Å². The molecule has 1 amide bonds. The van der Waals surface area contributed by atoms with Crippen LogP contribution in [0.3, 0.4) is 0 Å². The first kappa shape index (κ1) is 18.2. The number of hydrogen-bond acceptors (Lipinski definition) is 3. The number of nitrogens with zero attached hydrogens (tertiary/aromatic N) is 2. The zero-order valence-electron chi connectivity index (χ0n) is 16.1. The average molecular weight is 364 g/mol. The van der Waals surface area contributed by atoms with Gasteiger partial charge in [0.2, 0.25) is 0 Å². The van der Waals surface area contributed by atoms with Crippen molar-refractivity contribution in [3.63, 3.8) is 0 Å². The number of carbonyl (C=O) groups excluding carboxylic acids is 1. The lowest BCUT2D eigenvalue weighted by Crippen LogP contribution is -2.46. The summed E-state index contributed by atoms with van der Waals surface area (Å²) in [7, 11) is 4.06. The third kappa shape index (κ3) is 3.52. The fraction of sp³-hybridized carbons (Fsp3) is 0.435. The maximum atomic E-state index is 13.3. The number of likely N-dealkylation sites (tertiary alicyclic amines) is 1. The largest absolute Gasteiger partial charge is 0.391 e. The number of amides is 1. The zero-order chi connectivity index (χ0) is 19.0. The predicted octanol–water partition coefficient (Wildman–Crippen LogP) is 3.13. The molecule has 1 aliphatic carbocycles. The standard InChI is InChI=1S/C23H28N2O2/c1-24(2)21-12-17-14-25(15-18(17)13-22(21)26)23(27)20-11-7-6-10-19(20)16-8-4-3-5-9-16/h3-11,17-18,21-22,26H,12-15H2,1-2H3/t17-,18+,21-,22-/m1/s1. The number of rotatable bonds is 3. The van der Waals surface area contributed by atoms with Gasteiger partial charge in [0.25, 0.3) is 5.91 Å². The summed E-state index contributed by atoms with van der Waals surface area (Å²) < 4.78 is 0. The van der Waals surface area contributed by atoms with Crippen molar-refractivity contribution in [2.75, 3.05) is 27.2 Å². The van der Waals surface area contributed by atoms with Crippen molar-refractivity contribution in [3.05, 3.63) is 60.2 Å². The second kappa shape index (κ2) is 7.45. The first-order chi connectivity index (χ1) is 13.0. The van der Waals surface area contributed by atoms with Crippen LogP contribution in [0.4, 0.5) is 0 Å². The Balaban J connectivity index is 1.56. The number of aliphatic hydroxyl groups is 1. The molecule has 1 saturated heterocycles. The molecule has 1 saturated carbocycles. The monoisotopic (exact) mass is 364 g/mol. The molecule has 4 atom stereocenters. The van der Waals surface area contributed by atoms with E-state index in [2.05, 4.69) is 4.90 Å². The number of carbonyl (C=O) groups is 1. The molecule has 1 heterocycles. The Morgan fingerprint density at radius 2 is 1.59 bits per heavy atom. The van der Waals surface area contributed by atoms with Crippen LogP contribution < -0.4 is 0 Å². The van der Waals surface area contributed by atoms with Crippen LogP contribution in [0, 0.1) is 11.8 Å². The highest BCUT2D eigenvalue weighted by molar-refractivity contribution is 6.01. The number of fused-ring (bicyclic) bond motifs is 1. The van der Waals surface area contributed by atoms with E-state index in [1.54, 1.807) is 0 Å². The van der Waals surface area contributed by atoms with Gasteiger partial charge in [-0.25, -0.2) is 0 Å². The van der Waals surface area contributed by atoms with Crippen molar-refractivity contribution >= 4 is 5.91 Å². The van der Waals surface area contributed by atoms with Gasteiger partial charge in [-0.3, -0.25) is 4.79 Å². The third-order valence-corrected chi connectivity index (χ3v) is 6.30. The van der Waals surface area contributed by atoms with E-state index in [4.69, 9.17) is 0 Å². The van der Waals surface area contributed by atoms with Crippen LogP contribution in [-0.4, -0.2) is 60.1 Å². The van der Waals surface area contributed by atoms with Crippen LogP contribution in [0.2, 0.25) is 0 Å². The van der Waals surface area contributed by atoms with E-state index in [1.165, 1.54) is 0 Å². The maximum Gasteiger partial charge on any atom is 0.254 e. The molecule has 1 N–H and O–H groups in total. The molecular formula is C23H28N2O2. The van der Waals surface area contributed by atoms with Crippen molar-refractivity contribution in [2.24, 2.45) is 11.8 Å². The van der Waals surface area contributed by atoms with Crippen LogP contribution in [0.1, 0.15) is 23.2 Å². The fourth-order valence-electron chi connectivity index (χ4n) is 4.84. The molecule has 2 aliphatic rings. The number of benzene rings is 2. The van der Waals surface area contributed by atoms with Crippen LogP contribution in [-0.2, 0) is 0 Å². The van der Waals surface area contributed by atoms with Gasteiger partial charge < -0.3 is 14.9 Å². The molecule has 0 spiro atoms. The van der Waals surface area contributed by atoms with Crippen molar-refractivity contribution in [3.8, 4) is 11.1 Å². The second-order valence-electron chi connectivity index (χ2n) is 8.21. The summed E-state index contributed by atoms with van der Waals surface area (Å²) in [4.78, 5) is 17.5. The maximum absolute atomic E-state index is 13.3. The zero-order valence-corrected chi connectivity index (χ0v) is 16.1. The Bertz CT molecular complexity index is 805. The van der Waals surface area contributed by atoms with E-state index in [-0.39, 0.29) is 18.1 Å². The summed E-state index contributed by atoms with van der Waals surface area (Å²) in [5.41, 5.74) is 2.83. The van der Waals surface area contributed by atoms with E-state index in [0.717, 1.165) is 42.6 Å². The number of likely N-dealkylation sites (N-methyl/N-ethyl adjacent to an activating group) is 1. The van der Waals surface area contributed by atoms with E-state index >= 15 is 0 Å². The molecular weight excluding hydrogens is 336 g/mol. The van der Waals surface area contributed by atoms with Crippen molar-refractivity contribution in [1.82, 2.24) is 9.80 Å². The Labute approximate surface area is 161 Å². The summed E-state index contributed by atoms with van der Waals surface area (Å²) >= 11 is 0. The van der Waals surface area contributed by atoms with Gasteiger partial charge in [-0.1, -0.05) is 48.5 Å². The fourth-order valence-corrected chi connectivity index (χ4v) is 4.84. The van der Waals surface area contributed by atoms with Gasteiger partial charge in [0.1, 0.15) is 0 Å². The molecule has 0 unspecified atom stereocenters. The highest BCUT2D eigenvalue weighted by Crippen LogP contribution is 2.38. The van der Waals surface area contributed by atoms with Gasteiger partial charge >= 0.3 is 0 Å². The molecule has 0 radical (unpaired) electrons. The van der Waals surface area contributed by atoms with Gasteiger partial charge in [0.05, 0.1) is 6.10 Å². The van der Waals surface area contributed by atoms with E-state index < -0.39 is 0 Å². The molecule has 0 bridgehead atoms. The third-order valence-electron chi connectivity index (χ3n) is 6.30. The Morgan fingerprint density at radius 3 is 2.30 bits per heavy atom. The SMILES string of the molecule is CN(C)[C@@H]1C[C@@H]2CN(C(=O)c3ccccc3-c3ccccc3)C[C@@H]2C[C@H]1O. The predicted molar refractivity (Wildman–Crippen MR) is 107 cm³/mol. The lowest BCUT2D eigenvalue weighted by Gasteiger charge is -2.38. The summed E-state index contributed by atoms with van der Waals surface area (Å²) in [6, 6.07) is 18.2. The molecule has 1 aliphatic heterocycles. The summed E-state index contributed by atoms with van der Waals surface area (Å²) in [5.74, 6) is 0.998. The quantitative estimate of drug-likeness (QED) is 0.910. The molecule has 27 heavy (non-hydrogen) atoms. The molecule has 4 nitrogen and oxygen atoms in total. The number of hydrogen-bond donors (Lipinski definition) is 1. The van der Waals surface area contributed by atoms with Gasteiger partial charge in [-0.2, -0.15) is 0 Å². The van der Waals surface area contributed by atoms with E-state index in [1.807, 2.05) is 73.6 Å². The van der Waals surface area contributed by atoms with Crippen LogP contribution in [0.25, 0.3) is 11.1 Å². The van der Waals surface area contributed by atoms with Gasteiger partial charge in [-0.05, 0) is 56.0 Å². The van der Waals surface area contributed by atoms with Crippen LogP contribution in [0.15, 0.2) is 54.6 Å². The topological polar surface area (TPSA) is 43.8 Å². The van der Waals surface area contributed by atoms with E-state index in [9.17, 15) is 9.90 Å². The smallest absolute Gasteiger partial charge is 0.254 e. The first-order valence-corrected chi connectivity index (χ1v) is 9.83. The summed E-state index contributed by atoms with van der Waals surface area (Å²) in [6.07, 6.45) is 1.45. The Hall–Kier alpha value is -2.17. The summed E-state index contributed by atoms with van der Waals surface area (Å²) in [5, 5.41) is 10.5. The highest BCUT2D eigenvalue weighted by atomic mass is 16.3.